The fraction of sp³-hybridized carbons (Fsp3) is 0.700. The van der Waals surface area contributed by atoms with Crippen molar-refractivity contribution in [2.24, 2.45) is 5.92 Å². The second kappa shape index (κ2) is 4.96. The van der Waals surface area contributed by atoms with Crippen LogP contribution in [-0.4, -0.2) is 11.9 Å². The molecule has 1 amide bonds. The van der Waals surface area contributed by atoms with Gasteiger partial charge in [-0.15, -0.1) is 0 Å². The molecular weight excluding hydrogens is 150 g/mol. The summed E-state index contributed by atoms with van der Waals surface area (Å²) in [7, 11) is 0. The van der Waals surface area contributed by atoms with E-state index in [4.69, 9.17) is 0 Å². The first-order chi connectivity index (χ1) is 5.49. The Hall–Kier alpha value is -0.790. The highest BCUT2D eigenvalue weighted by atomic mass is 16.1. The number of rotatable bonds is 3. The van der Waals surface area contributed by atoms with Crippen molar-refractivity contribution >= 4 is 5.91 Å². The van der Waals surface area contributed by atoms with Crippen molar-refractivity contribution in [2.75, 3.05) is 0 Å². The van der Waals surface area contributed by atoms with Crippen LogP contribution < -0.4 is 5.32 Å². The second-order valence-corrected chi connectivity index (χ2v) is 3.48. The number of carbonyl (C=O) groups excluding carboxylic acids is 1. The Morgan fingerprint density at radius 2 is 1.83 bits per heavy atom. The number of amides is 1. The number of carbonyl (C=O) groups is 1. The normalized spacial score (nSPS) is 14.7. The summed E-state index contributed by atoms with van der Waals surface area (Å²) in [6.45, 7) is 9.90. The second-order valence-electron chi connectivity index (χ2n) is 3.48. The zero-order valence-electron chi connectivity index (χ0n) is 8.64. The van der Waals surface area contributed by atoms with Crippen LogP contribution in [0.1, 0.15) is 34.6 Å². The van der Waals surface area contributed by atoms with Crippen LogP contribution in [0.3, 0.4) is 0 Å². The summed E-state index contributed by atoms with van der Waals surface area (Å²) in [5.74, 6) is 0.525. The third-order valence-corrected chi connectivity index (χ3v) is 2.15. The molecule has 0 fully saturated rings. The molecule has 0 bridgehead atoms. The summed E-state index contributed by atoms with van der Waals surface area (Å²) in [5, 5.41) is 2.92. The van der Waals surface area contributed by atoms with Crippen LogP contribution in [0.2, 0.25) is 0 Å². The summed E-state index contributed by atoms with van der Waals surface area (Å²) >= 11 is 0. The molecule has 70 valence electrons. The van der Waals surface area contributed by atoms with Gasteiger partial charge in [0.25, 0.3) is 0 Å². The minimum atomic E-state index is 0.0405. The van der Waals surface area contributed by atoms with Crippen LogP contribution in [0.4, 0.5) is 0 Å². The van der Waals surface area contributed by atoms with Gasteiger partial charge in [0.2, 0.25) is 5.91 Å². The average Bonchev–Trinajstić information content (AvgIpc) is 2.02. The standard InChI is InChI=1S/C10H19NO/c1-6-8(4)10(12)11-9(5)7(2)3/h6-7,9H,1-5H3,(H,11,12)/b8-6-. The third-order valence-electron chi connectivity index (χ3n) is 2.15. The molecule has 0 aliphatic rings. The summed E-state index contributed by atoms with van der Waals surface area (Å²) in [6.07, 6.45) is 1.82. The van der Waals surface area contributed by atoms with Crippen molar-refractivity contribution in [3.05, 3.63) is 11.6 Å². The molecule has 0 radical (unpaired) electrons. The molecule has 0 saturated carbocycles. The molecule has 12 heavy (non-hydrogen) atoms. The molecule has 1 atom stereocenters. The number of nitrogens with one attached hydrogen (secondary N) is 1. The Morgan fingerprint density at radius 3 is 2.17 bits per heavy atom. The third kappa shape index (κ3) is 3.56. The maximum atomic E-state index is 11.3. The fourth-order valence-electron chi connectivity index (χ4n) is 0.618. The highest BCUT2D eigenvalue weighted by molar-refractivity contribution is 5.92. The molecule has 1 unspecified atom stereocenters. The highest BCUT2D eigenvalue weighted by Crippen LogP contribution is 2.01. The summed E-state index contributed by atoms with van der Waals surface area (Å²) in [4.78, 5) is 11.3. The number of hydrogen-bond acceptors (Lipinski definition) is 1. The van der Waals surface area contributed by atoms with Crippen LogP contribution in [-0.2, 0) is 4.79 Å². The Bertz CT molecular complexity index is 182. The van der Waals surface area contributed by atoms with Gasteiger partial charge in [0.05, 0.1) is 0 Å². The van der Waals surface area contributed by atoms with E-state index in [9.17, 15) is 4.79 Å². The maximum absolute atomic E-state index is 11.3. The van der Waals surface area contributed by atoms with E-state index in [0.29, 0.717) is 5.92 Å². The van der Waals surface area contributed by atoms with E-state index >= 15 is 0 Å². The number of hydrogen-bond donors (Lipinski definition) is 1. The van der Waals surface area contributed by atoms with Gasteiger partial charge in [0.1, 0.15) is 0 Å². The van der Waals surface area contributed by atoms with Gasteiger partial charge in [-0.25, -0.2) is 0 Å². The van der Waals surface area contributed by atoms with Crippen molar-refractivity contribution in [3.8, 4) is 0 Å². The van der Waals surface area contributed by atoms with Crippen molar-refractivity contribution in [1.29, 1.82) is 0 Å². The van der Waals surface area contributed by atoms with Gasteiger partial charge >= 0.3 is 0 Å². The molecule has 2 heteroatoms. The van der Waals surface area contributed by atoms with E-state index in [1.54, 1.807) is 0 Å². The smallest absolute Gasteiger partial charge is 0.246 e. The Morgan fingerprint density at radius 1 is 1.33 bits per heavy atom. The van der Waals surface area contributed by atoms with Crippen molar-refractivity contribution in [3.63, 3.8) is 0 Å². The lowest BCUT2D eigenvalue weighted by Crippen LogP contribution is -2.36. The average molecular weight is 169 g/mol. The van der Waals surface area contributed by atoms with Gasteiger partial charge in [0.15, 0.2) is 0 Å². The zero-order chi connectivity index (χ0) is 9.72. The van der Waals surface area contributed by atoms with E-state index in [2.05, 4.69) is 19.2 Å². The predicted molar refractivity (Wildman–Crippen MR) is 51.9 cm³/mol. The van der Waals surface area contributed by atoms with Crippen molar-refractivity contribution in [2.45, 2.75) is 40.7 Å². The molecule has 0 saturated heterocycles. The van der Waals surface area contributed by atoms with E-state index in [-0.39, 0.29) is 11.9 Å². The van der Waals surface area contributed by atoms with Crippen LogP contribution >= 0.6 is 0 Å². The maximum Gasteiger partial charge on any atom is 0.246 e. The van der Waals surface area contributed by atoms with Crippen LogP contribution in [0.15, 0.2) is 11.6 Å². The molecule has 0 aromatic heterocycles. The highest BCUT2D eigenvalue weighted by Gasteiger charge is 2.10. The molecule has 1 N–H and O–H groups in total. The molecule has 0 aliphatic heterocycles. The molecule has 0 aliphatic carbocycles. The predicted octanol–water partition coefficient (Wildman–Crippen LogP) is 2.11. The Balaban J connectivity index is 4.02. The molecule has 0 aromatic rings. The Labute approximate surface area is 75.0 Å². The zero-order valence-corrected chi connectivity index (χ0v) is 8.64. The summed E-state index contributed by atoms with van der Waals surface area (Å²) < 4.78 is 0. The van der Waals surface area contributed by atoms with E-state index in [1.807, 2.05) is 26.8 Å². The minimum absolute atomic E-state index is 0.0405. The molecule has 0 spiro atoms. The lowest BCUT2D eigenvalue weighted by molar-refractivity contribution is -0.118. The van der Waals surface area contributed by atoms with Crippen molar-refractivity contribution in [1.82, 2.24) is 5.32 Å². The van der Waals surface area contributed by atoms with Crippen molar-refractivity contribution < 1.29 is 4.79 Å². The summed E-state index contributed by atoms with van der Waals surface area (Å²) in [6, 6.07) is 0.243. The van der Waals surface area contributed by atoms with Gasteiger partial charge in [-0.05, 0) is 26.7 Å². The fourth-order valence-corrected chi connectivity index (χ4v) is 0.618. The molecule has 0 heterocycles. The lowest BCUT2D eigenvalue weighted by atomic mass is 10.1. The minimum Gasteiger partial charge on any atom is -0.350 e. The first kappa shape index (κ1) is 11.2. The van der Waals surface area contributed by atoms with E-state index in [1.165, 1.54) is 0 Å². The summed E-state index contributed by atoms with van der Waals surface area (Å²) in [5.41, 5.74) is 0.780. The van der Waals surface area contributed by atoms with Gasteiger partial charge in [0, 0.05) is 11.6 Å². The van der Waals surface area contributed by atoms with Crippen LogP contribution in [0.25, 0.3) is 0 Å². The molecular formula is C10H19NO. The Kier molecular flexibility index (Phi) is 4.64. The van der Waals surface area contributed by atoms with E-state index < -0.39 is 0 Å². The molecule has 0 aromatic carbocycles. The quantitative estimate of drug-likeness (QED) is 0.644. The van der Waals surface area contributed by atoms with Gasteiger partial charge in [-0.2, -0.15) is 0 Å². The van der Waals surface area contributed by atoms with Crippen LogP contribution in [0, 0.1) is 5.92 Å². The van der Waals surface area contributed by atoms with Crippen LogP contribution in [0.5, 0.6) is 0 Å². The number of allylic oxidation sites excluding steroid dienone is 1. The van der Waals surface area contributed by atoms with Gasteiger partial charge in [-0.1, -0.05) is 19.9 Å². The first-order valence-corrected chi connectivity index (χ1v) is 4.42. The molecule has 2 nitrogen and oxygen atoms in total. The topological polar surface area (TPSA) is 29.1 Å². The monoisotopic (exact) mass is 169 g/mol. The molecule has 0 rings (SSSR count). The lowest BCUT2D eigenvalue weighted by Gasteiger charge is -2.17. The SMILES string of the molecule is C/C=C(/C)C(=O)NC(C)C(C)C. The van der Waals surface area contributed by atoms with Gasteiger partial charge < -0.3 is 5.32 Å². The van der Waals surface area contributed by atoms with E-state index in [0.717, 1.165) is 5.57 Å². The largest absolute Gasteiger partial charge is 0.350 e. The van der Waals surface area contributed by atoms with Gasteiger partial charge in [-0.3, -0.25) is 4.79 Å². The first-order valence-electron chi connectivity index (χ1n) is 4.42.